The Kier molecular flexibility index (Phi) is 10.7. The number of aromatic nitrogens is 2. The first-order valence-corrected chi connectivity index (χ1v) is 19.0. The van der Waals surface area contributed by atoms with Gasteiger partial charge in [-0.2, -0.15) is 17.0 Å². The number of piperidine rings is 2. The molecule has 270 valence electrons. The van der Waals surface area contributed by atoms with E-state index in [4.69, 9.17) is 4.74 Å². The van der Waals surface area contributed by atoms with Crippen LogP contribution in [0.4, 0.5) is 10.2 Å². The number of nitrogens with one attached hydrogen (secondary N) is 1. The molecule has 49 heavy (non-hydrogen) atoms. The second-order valence-corrected chi connectivity index (χ2v) is 16.6. The van der Waals surface area contributed by atoms with Crippen LogP contribution in [0.25, 0.3) is 0 Å². The minimum atomic E-state index is -3.37. The van der Waals surface area contributed by atoms with Gasteiger partial charge in [0.05, 0.1) is 11.8 Å². The maximum atomic E-state index is 14.3. The van der Waals surface area contributed by atoms with Gasteiger partial charge in [0.25, 0.3) is 16.1 Å². The minimum absolute atomic E-state index is 0. The van der Waals surface area contributed by atoms with Crippen LogP contribution in [-0.2, 0) is 10.2 Å². The third-order valence-electron chi connectivity index (χ3n) is 11.3. The molecule has 1 aromatic heterocycles. The average Bonchev–Trinajstić information content (AvgIpc) is 3.71. The number of halogens is 2. The van der Waals surface area contributed by atoms with Crippen molar-refractivity contribution in [3.63, 3.8) is 0 Å². The minimum Gasteiger partial charge on any atom is -0.451 e. The van der Waals surface area contributed by atoms with Gasteiger partial charge in [0.2, 0.25) is 0 Å². The molecule has 2 atom stereocenters. The fraction of sp³-hybridized carbons (Fsp3) is 0.676. The van der Waals surface area contributed by atoms with E-state index in [1.165, 1.54) is 24.5 Å². The number of piperazine rings is 1. The highest BCUT2D eigenvalue weighted by atomic mass is 35.5. The first-order valence-electron chi connectivity index (χ1n) is 17.6. The molecule has 1 spiro atoms. The number of benzene rings is 1. The average molecular weight is 721 g/mol. The summed E-state index contributed by atoms with van der Waals surface area (Å²) in [6.45, 7) is 13.7. The molecule has 1 amide bonds. The summed E-state index contributed by atoms with van der Waals surface area (Å²) in [4.78, 5) is 28.6. The van der Waals surface area contributed by atoms with E-state index < -0.39 is 16.0 Å². The Morgan fingerprint density at radius 1 is 1.14 bits per heavy atom. The van der Waals surface area contributed by atoms with E-state index in [-0.39, 0.29) is 47.1 Å². The van der Waals surface area contributed by atoms with E-state index >= 15 is 0 Å². The number of carbonyl (C=O) groups excluding carboxylic acids is 1. The fourth-order valence-electron chi connectivity index (χ4n) is 8.48. The van der Waals surface area contributed by atoms with Gasteiger partial charge in [0.15, 0.2) is 11.6 Å². The maximum absolute atomic E-state index is 14.3. The topological polar surface area (TPSA) is 114 Å². The molecule has 5 saturated heterocycles. The lowest BCUT2D eigenvalue weighted by atomic mass is 9.72. The smallest absolute Gasteiger partial charge is 0.282 e. The van der Waals surface area contributed by atoms with Crippen LogP contribution in [0.15, 0.2) is 30.7 Å². The van der Waals surface area contributed by atoms with Gasteiger partial charge in [-0.25, -0.2) is 14.4 Å². The van der Waals surface area contributed by atoms with Crippen LogP contribution in [0.5, 0.6) is 11.5 Å². The van der Waals surface area contributed by atoms with Crippen molar-refractivity contribution in [3.8, 4) is 11.5 Å². The van der Waals surface area contributed by atoms with Crippen LogP contribution in [0.1, 0.15) is 63.2 Å². The molecule has 5 aliphatic rings. The molecular weight excluding hydrogens is 671 g/mol. The highest BCUT2D eigenvalue weighted by Gasteiger charge is 2.48. The van der Waals surface area contributed by atoms with Crippen LogP contribution < -0.4 is 15.0 Å². The molecule has 0 saturated carbocycles. The summed E-state index contributed by atoms with van der Waals surface area (Å²) >= 11 is 0. The molecule has 2 aromatic rings. The van der Waals surface area contributed by atoms with Crippen molar-refractivity contribution in [2.24, 2.45) is 11.3 Å². The molecule has 1 aromatic carbocycles. The van der Waals surface area contributed by atoms with E-state index in [2.05, 4.69) is 25.1 Å². The fourth-order valence-corrected chi connectivity index (χ4v) is 10.3. The number of hydrogen-bond donors (Lipinski definition) is 1. The molecular formula is C34H50ClFN8O4S. The third kappa shape index (κ3) is 7.27. The van der Waals surface area contributed by atoms with E-state index in [0.717, 1.165) is 71.4 Å². The number of anilines is 1. The highest BCUT2D eigenvalue weighted by Crippen LogP contribution is 2.45. The van der Waals surface area contributed by atoms with Crippen molar-refractivity contribution in [2.45, 2.75) is 71.0 Å². The zero-order valence-corrected chi connectivity index (χ0v) is 30.4. The zero-order chi connectivity index (χ0) is 33.6. The predicted molar refractivity (Wildman–Crippen MR) is 188 cm³/mol. The van der Waals surface area contributed by atoms with E-state index in [9.17, 15) is 17.6 Å². The summed E-state index contributed by atoms with van der Waals surface area (Å²) in [5, 5.41) is 3.40. The molecule has 1 N–H and O–H groups in total. The standard InChI is InChI=1S/C34H49FN8O4S.ClH/c1-4-42(24(2)3)33(44)29-15-26(35)5-6-30(29)47-31-18-36-23-38-32(31)40-21-34(22-40)9-13-39(14-10-34)19-25-7-11-41(12-8-25)48(45,46)43-20-27-16-28(43)17-37-27;/h5-6,15,18,23-25,27-28,37H,4,7-14,16-17,19-22H2,1-3H3;1H/t27-,28-;/m0./s1. The molecule has 6 heterocycles. The van der Waals surface area contributed by atoms with Gasteiger partial charge < -0.3 is 24.8 Å². The number of likely N-dealkylation sites (tertiary alicyclic amines) is 1. The number of amides is 1. The largest absolute Gasteiger partial charge is 0.451 e. The first-order chi connectivity index (χ1) is 23.0. The van der Waals surface area contributed by atoms with Gasteiger partial charge in [-0.1, -0.05) is 0 Å². The Balaban J connectivity index is 0.00000417. The molecule has 7 rings (SSSR count). The van der Waals surface area contributed by atoms with Gasteiger partial charge in [0, 0.05) is 75.9 Å². The van der Waals surface area contributed by atoms with Crippen molar-refractivity contribution in [1.82, 2.24) is 33.7 Å². The zero-order valence-electron chi connectivity index (χ0n) is 28.8. The summed E-state index contributed by atoms with van der Waals surface area (Å²) in [5.41, 5.74) is 0.395. The van der Waals surface area contributed by atoms with Crippen molar-refractivity contribution < 1.29 is 22.3 Å². The molecule has 0 aliphatic carbocycles. The van der Waals surface area contributed by atoms with E-state index in [1.807, 2.05) is 20.8 Å². The highest BCUT2D eigenvalue weighted by molar-refractivity contribution is 7.86. The molecule has 0 radical (unpaired) electrons. The first kappa shape index (κ1) is 36.2. The Bertz CT molecular complexity index is 1590. The summed E-state index contributed by atoms with van der Waals surface area (Å²) in [6.07, 6.45) is 8.09. The van der Waals surface area contributed by atoms with Gasteiger partial charge in [-0.15, -0.1) is 12.4 Å². The molecule has 12 nitrogen and oxygen atoms in total. The molecule has 5 aliphatic heterocycles. The van der Waals surface area contributed by atoms with Crippen molar-refractivity contribution in [1.29, 1.82) is 0 Å². The maximum Gasteiger partial charge on any atom is 0.282 e. The third-order valence-corrected chi connectivity index (χ3v) is 13.3. The number of fused-ring (bicyclic) bond motifs is 2. The van der Waals surface area contributed by atoms with Gasteiger partial charge in [-0.3, -0.25) is 4.79 Å². The van der Waals surface area contributed by atoms with Crippen LogP contribution in [0, 0.1) is 17.2 Å². The van der Waals surface area contributed by atoms with E-state index in [0.29, 0.717) is 49.7 Å². The molecule has 5 fully saturated rings. The van der Waals surface area contributed by atoms with E-state index in [1.54, 1.807) is 19.7 Å². The Labute approximate surface area is 295 Å². The summed E-state index contributed by atoms with van der Waals surface area (Å²) in [7, 11) is -3.37. The van der Waals surface area contributed by atoms with Gasteiger partial charge >= 0.3 is 0 Å². The lowest BCUT2D eigenvalue weighted by Crippen LogP contribution is -2.61. The van der Waals surface area contributed by atoms with Crippen LogP contribution in [-0.4, -0.2) is 126 Å². The quantitative estimate of drug-likeness (QED) is 0.394. The second-order valence-electron chi connectivity index (χ2n) is 14.7. The van der Waals surface area contributed by atoms with Gasteiger partial charge in [0.1, 0.15) is 17.9 Å². The van der Waals surface area contributed by atoms with Crippen molar-refractivity contribution >= 4 is 34.3 Å². The summed E-state index contributed by atoms with van der Waals surface area (Å²) in [6, 6.07) is 4.43. The Hall–Kier alpha value is -2.62. The van der Waals surface area contributed by atoms with Gasteiger partial charge in [-0.05, 0) is 90.1 Å². The lowest BCUT2D eigenvalue weighted by molar-refractivity contribution is 0.0607. The van der Waals surface area contributed by atoms with Crippen molar-refractivity contribution in [3.05, 3.63) is 42.1 Å². The summed E-state index contributed by atoms with van der Waals surface area (Å²) in [5.74, 6) is 1.15. The number of carbonyl (C=O) groups is 1. The Morgan fingerprint density at radius 2 is 1.88 bits per heavy atom. The monoisotopic (exact) mass is 720 g/mol. The SMILES string of the molecule is CCN(C(=O)c1cc(F)ccc1Oc1cncnc1N1CC2(CCN(CC3CCN(S(=O)(=O)N4C[C@@H]5C[C@H]4CN5)CC3)CC2)C1)C(C)C.Cl. The number of rotatable bonds is 10. The lowest BCUT2D eigenvalue weighted by Gasteiger charge is -2.54. The van der Waals surface area contributed by atoms with Crippen LogP contribution >= 0.6 is 12.4 Å². The predicted octanol–water partition coefficient (Wildman–Crippen LogP) is 3.61. The molecule has 15 heteroatoms. The molecule has 0 unspecified atom stereocenters. The normalized spacial score (nSPS) is 24.6. The number of hydrogen-bond acceptors (Lipinski definition) is 9. The molecule has 2 bridgehead atoms. The second kappa shape index (κ2) is 14.5. The number of ether oxygens (including phenoxy) is 1. The van der Waals surface area contributed by atoms with Crippen LogP contribution in [0.2, 0.25) is 0 Å². The number of nitrogens with zero attached hydrogens (tertiary/aromatic N) is 7. The summed E-state index contributed by atoms with van der Waals surface area (Å²) < 4.78 is 50.6. The van der Waals surface area contributed by atoms with Crippen LogP contribution in [0.3, 0.4) is 0 Å². The Morgan fingerprint density at radius 3 is 2.51 bits per heavy atom. The van der Waals surface area contributed by atoms with Crippen molar-refractivity contribution in [2.75, 3.05) is 70.3 Å².